The number of carbonyl (C=O) groups excluding carboxylic acids is 3. The van der Waals surface area contributed by atoms with Gasteiger partial charge >= 0.3 is 5.97 Å². The predicted octanol–water partition coefficient (Wildman–Crippen LogP) is 5.32. The molecule has 3 aromatic carbocycles. The summed E-state index contributed by atoms with van der Waals surface area (Å²) >= 11 is 0. The Labute approximate surface area is 210 Å². The van der Waals surface area contributed by atoms with Crippen LogP contribution in [-0.2, 0) is 31.1 Å². The first-order chi connectivity index (χ1) is 17.2. The predicted molar refractivity (Wildman–Crippen MR) is 138 cm³/mol. The van der Waals surface area contributed by atoms with Gasteiger partial charge in [0.15, 0.2) is 0 Å². The Balaban J connectivity index is 1.65. The molecule has 5 rings (SSSR count). The van der Waals surface area contributed by atoms with Crippen molar-refractivity contribution in [3.05, 3.63) is 119 Å². The minimum Gasteiger partial charge on any atom is -0.435 e. The molecule has 2 aliphatic rings. The highest BCUT2D eigenvalue weighted by Gasteiger charge is 2.63. The van der Waals surface area contributed by atoms with Gasteiger partial charge in [-0.25, -0.2) is 4.79 Å². The van der Waals surface area contributed by atoms with Gasteiger partial charge in [0.2, 0.25) is 5.60 Å². The fourth-order valence-electron chi connectivity index (χ4n) is 4.73. The average molecular weight is 478 g/mol. The molecule has 1 atom stereocenters. The quantitative estimate of drug-likeness (QED) is 0.290. The van der Waals surface area contributed by atoms with Crippen LogP contribution in [0.4, 0.5) is 0 Å². The van der Waals surface area contributed by atoms with Gasteiger partial charge in [-0.2, -0.15) is 0 Å². The van der Waals surface area contributed by atoms with Crippen LogP contribution in [0.3, 0.4) is 0 Å². The maximum Gasteiger partial charge on any atom is 0.332 e. The highest BCUT2D eigenvalue weighted by molar-refractivity contribution is 6.29. The number of ether oxygens (including phenoxy) is 1. The summed E-state index contributed by atoms with van der Waals surface area (Å²) in [4.78, 5) is 41.7. The van der Waals surface area contributed by atoms with Crippen LogP contribution in [0, 0.1) is 0 Å². The molecule has 2 heterocycles. The normalized spacial score (nSPS) is 20.9. The van der Waals surface area contributed by atoms with Gasteiger partial charge in [0.05, 0.1) is 12.1 Å². The van der Waals surface area contributed by atoms with Crippen molar-refractivity contribution in [2.75, 3.05) is 0 Å². The zero-order valence-corrected chi connectivity index (χ0v) is 20.5. The molecule has 0 N–H and O–H groups in total. The number of nitrogens with zero attached hydrogens (tertiary/aromatic N) is 1. The summed E-state index contributed by atoms with van der Waals surface area (Å²) in [5.41, 5.74) is 1.94. The molecule has 0 saturated carbocycles. The second kappa shape index (κ2) is 8.76. The molecule has 1 fully saturated rings. The third kappa shape index (κ3) is 3.97. The summed E-state index contributed by atoms with van der Waals surface area (Å²) in [5.74, 6) is -1.68. The number of rotatable bonds is 4. The molecule has 0 radical (unpaired) electrons. The molecular weight excluding hydrogens is 450 g/mol. The van der Waals surface area contributed by atoms with Crippen molar-refractivity contribution in [1.82, 2.24) is 4.90 Å². The molecule has 180 valence electrons. The molecule has 36 heavy (non-hydrogen) atoms. The van der Waals surface area contributed by atoms with Crippen molar-refractivity contribution >= 4 is 29.4 Å². The number of esters is 1. The summed E-state index contributed by atoms with van der Waals surface area (Å²) < 4.78 is 5.80. The molecule has 1 saturated heterocycles. The molecule has 0 aliphatic carbocycles. The fraction of sp³-hybridized carbons (Fsp3) is 0.194. The number of imide groups is 1. The fourth-order valence-corrected chi connectivity index (χ4v) is 4.73. The molecule has 1 spiro atoms. The molecule has 1 unspecified atom stereocenters. The molecule has 2 aliphatic heterocycles. The summed E-state index contributed by atoms with van der Waals surface area (Å²) in [5, 5.41) is 0. The maximum atomic E-state index is 14.0. The number of hydrogen-bond donors (Lipinski definition) is 0. The Morgan fingerprint density at radius 2 is 1.44 bits per heavy atom. The van der Waals surface area contributed by atoms with E-state index in [0.717, 1.165) is 16.7 Å². The zero-order valence-electron chi connectivity index (χ0n) is 20.5. The molecule has 5 heteroatoms. The van der Waals surface area contributed by atoms with E-state index in [1.165, 1.54) is 11.0 Å². The average Bonchev–Trinajstić information content (AvgIpc) is 3.31. The van der Waals surface area contributed by atoms with E-state index < -0.39 is 23.4 Å². The Hall–Kier alpha value is -4.25. The highest BCUT2D eigenvalue weighted by Crippen LogP contribution is 2.48. The lowest BCUT2D eigenvalue weighted by Gasteiger charge is -2.26. The zero-order chi connectivity index (χ0) is 25.5. The van der Waals surface area contributed by atoms with Crippen LogP contribution in [-0.4, -0.2) is 28.3 Å². The Kier molecular flexibility index (Phi) is 5.71. The van der Waals surface area contributed by atoms with E-state index >= 15 is 0 Å². The number of benzene rings is 3. The van der Waals surface area contributed by atoms with E-state index in [1.54, 1.807) is 6.08 Å². The number of amides is 2. The highest BCUT2D eigenvalue weighted by atomic mass is 16.6. The molecule has 0 aromatic heterocycles. The first-order valence-electron chi connectivity index (χ1n) is 11.9. The summed E-state index contributed by atoms with van der Waals surface area (Å²) in [6.07, 6.45) is 2.99. The largest absolute Gasteiger partial charge is 0.435 e. The second-order valence-electron chi connectivity index (χ2n) is 10.1. The lowest BCUT2D eigenvalue weighted by atomic mass is 9.81. The van der Waals surface area contributed by atoms with Gasteiger partial charge in [0, 0.05) is 11.6 Å². The van der Waals surface area contributed by atoms with E-state index in [2.05, 4.69) is 20.8 Å². The summed E-state index contributed by atoms with van der Waals surface area (Å²) in [6, 6.07) is 26.3. The van der Waals surface area contributed by atoms with Gasteiger partial charge in [-0.1, -0.05) is 106 Å². The summed E-state index contributed by atoms with van der Waals surface area (Å²) in [7, 11) is 0. The Bertz CT molecular complexity index is 1400. The van der Waals surface area contributed by atoms with Gasteiger partial charge in [0.25, 0.3) is 11.8 Å². The van der Waals surface area contributed by atoms with Crippen LogP contribution < -0.4 is 0 Å². The minimum absolute atomic E-state index is 0.0589. The number of carbonyl (C=O) groups is 3. The lowest BCUT2D eigenvalue weighted by molar-refractivity contribution is -0.155. The van der Waals surface area contributed by atoms with Gasteiger partial charge in [-0.05, 0) is 33.7 Å². The number of hydrogen-bond acceptors (Lipinski definition) is 4. The Morgan fingerprint density at radius 3 is 2.06 bits per heavy atom. The summed E-state index contributed by atoms with van der Waals surface area (Å²) in [6.45, 7) is 6.44. The molecule has 2 amide bonds. The SMILES string of the molecule is CC(C)(C)c1ccc(C2=CC(=O)OC23C(=O)N(Cc2ccccc2)C(=O)/C3=C/c2ccccc2)cc1. The minimum atomic E-state index is -1.83. The van der Waals surface area contributed by atoms with Crippen molar-refractivity contribution in [1.29, 1.82) is 0 Å². The first-order valence-corrected chi connectivity index (χ1v) is 11.9. The van der Waals surface area contributed by atoms with Crippen molar-refractivity contribution in [2.45, 2.75) is 38.3 Å². The van der Waals surface area contributed by atoms with Crippen LogP contribution >= 0.6 is 0 Å². The Morgan fingerprint density at radius 1 is 0.833 bits per heavy atom. The van der Waals surface area contributed by atoms with E-state index in [4.69, 9.17) is 4.74 Å². The van der Waals surface area contributed by atoms with Crippen molar-refractivity contribution < 1.29 is 19.1 Å². The molecular formula is C31H27NO4. The van der Waals surface area contributed by atoms with E-state index in [1.807, 2.05) is 84.9 Å². The lowest BCUT2D eigenvalue weighted by Crippen LogP contribution is -2.42. The van der Waals surface area contributed by atoms with E-state index in [9.17, 15) is 14.4 Å². The van der Waals surface area contributed by atoms with E-state index in [0.29, 0.717) is 11.1 Å². The van der Waals surface area contributed by atoms with Gasteiger partial charge in [0.1, 0.15) is 0 Å². The molecule has 0 bridgehead atoms. The van der Waals surface area contributed by atoms with Gasteiger partial charge < -0.3 is 4.74 Å². The third-order valence-corrected chi connectivity index (χ3v) is 6.65. The van der Waals surface area contributed by atoms with Crippen LogP contribution in [0.15, 0.2) is 96.6 Å². The second-order valence-corrected chi connectivity index (χ2v) is 10.1. The molecule has 3 aromatic rings. The smallest absolute Gasteiger partial charge is 0.332 e. The van der Waals surface area contributed by atoms with Crippen LogP contribution in [0.2, 0.25) is 0 Å². The van der Waals surface area contributed by atoms with E-state index in [-0.39, 0.29) is 17.5 Å². The van der Waals surface area contributed by atoms with Crippen LogP contribution in [0.5, 0.6) is 0 Å². The standard InChI is InChI=1S/C31H27NO4/c1-30(2,3)24-16-14-23(15-17-24)25-19-27(33)36-31(25)26(18-21-10-6-4-7-11-21)28(34)32(29(31)35)20-22-12-8-5-9-13-22/h4-19H,20H2,1-3H3/b26-18-. The van der Waals surface area contributed by atoms with Gasteiger partial charge in [-0.3, -0.25) is 14.5 Å². The number of likely N-dealkylation sites (tertiary alicyclic amines) is 1. The van der Waals surface area contributed by atoms with Gasteiger partial charge in [-0.15, -0.1) is 0 Å². The topological polar surface area (TPSA) is 63.7 Å². The third-order valence-electron chi connectivity index (χ3n) is 6.65. The van der Waals surface area contributed by atoms with Crippen molar-refractivity contribution in [2.24, 2.45) is 0 Å². The van der Waals surface area contributed by atoms with Crippen LogP contribution in [0.25, 0.3) is 11.6 Å². The monoisotopic (exact) mass is 477 g/mol. The van der Waals surface area contributed by atoms with Crippen LogP contribution in [0.1, 0.15) is 43.0 Å². The molecule has 5 nitrogen and oxygen atoms in total. The first kappa shape index (κ1) is 23.5. The van der Waals surface area contributed by atoms with Crippen molar-refractivity contribution in [3.63, 3.8) is 0 Å². The van der Waals surface area contributed by atoms with Crippen molar-refractivity contribution in [3.8, 4) is 0 Å². The maximum absolute atomic E-state index is 14.0.